The molecule has 180 valence electrons. The van der Waals surface area contributed by atoms with Crippen LogP contribution in [0, 0.1) is 11.3 Å². The normalized spacial score (nSPS) is 15.9. The number of alkyl halides is 5. The Labute approximate surface area is 192 Å². The molecule has 1 atom stereocenters. The highest BCUT2D eigenvalue weighted by Crippen LogP contribution is 2.42. The molecule has 1 aliphatic carbocycles. The van der Waals surface area contributed by atoms with Gasteiger partial charge >= 0.3 is 6.18 Å². The molecule has 0 amide bonds. The maximum Gasteiger partial charge on any atom is 0.404 e. The molecule has 0 spiro atoms. The van der Waals surface area contributed by atoms with Crippen LogP contribution in [-0.2, 0) is 10.0 Å². The molecule has 6 nitrogen and oxygen atoms in total. The van der Waals surface area contributed by atoms with Crippen LogP contribution in [0.5, 0.6) is 0 Å². The van der Waals surface area contributed by atoms with E-state index in [1.807, 2.05) is 0 Å². The van der Waals surface area contributed by atoms with Crippen LogP contribution in [0.15, 0.2) is 41.4 Å². The summed E-state index contributed by atoms with van der Waals surface area (Å²) in [6, 6.07) is 6.03. The van der Waals surface area contributed by atoms with Gasteiger partial charge in [0.05, 0.1) is 16.2 Å². The lowest BCUT2D eigenvalue weighted by molar-refractivity contribution is -0.147. The largest absolute Gasteiger partial charge is 0.404 e. The number of nitrogens with zero attached hydrogens (tertiary/aromatic N) is 3. The van der Waals surface area contributed by atoms with E-state index in [9.17, 15) is 35.6 Å². The number of benzene rings is 1. The predicted molar refractivity (Wildman–Crippen MR) is 114 cm³/mol. The van der Waals surface area contributed by atoms with E-state index < -0.39 is 28.7 Å². The second-order valence-corrected chi connectivity index (χ2v) is 9.85. The van der Waals surface area contributed by atoms with Crippen molar-refractivity contribution in [3.05, 3.63) is 47.7 Å². The highest BCUT2D eigenvalue weighted by Gasteiger charge is 2.39. The summed E-state index contributed by atoms with van der Waals surface area (Å²) in [5.41, 5.74) is 0.992. The molecule has 4 rings (SSSR count). The number of nitrogens with one attached hydrogen (secondary N) is 1. The Balaban J connectivity index is 1.81. The zero-order chi connectivity index (χ0) is 24.8. The van der Waals surface area contributed by atoms with E-state index in [4.69, 9.17) is 0 Å². The minimum absolute atomic E-state index is 0.0118. The third kappa shape index (κ3) is 4.25. The van der Waals surface area contributed by atoms with Gasteiger partial charge in [0.1, 0.15) is 17.8 Å². The summed E-state index contributed by atoms with van der Waals surface area (Å²) in [4.78, 5) is 3.81. The summed E-state index contributed by atoms with van der Waals surface area (Å²) in [5.74, 6) is 0. The standard InChI is InChI=1S/C22H19F5N4O2S/c1-12(22(25,26)27)30-34(32,33)16-7-5-13(6-8-16)19-18(10-28)17-9-14(20(23)24)11-29-21(17)31(19)15-3-2-4-15/h5-9,11-12,15,20,30H,2-4H2,1H3/t12-/m0/s1. The monoisotopic (exact) mass is 498 g/mol. The number of hydrogen-bond donors (Lipinski definition) is 1. The fraction of sp³-hybridized carbons (Fsp3) is 0.364. The average molecular weight is 498 g/mol. The van der Waals surface area contributed by atoms with Gasteiger partial charge in [0.25, 0.3) is 6.43 Å². The summed E-state index contributed by atoms with van der Waals surface area (Å²) < 4.78 is 93.0. The van der Waals surface area contributed by atoms with Gasteiger partial charge in [-0.15, -0.1) is 0 Å². The summed E-state index contributed by atoms with van der Waals surface area (Å²) in [5, 5.41) is 10.1. The number of fused-ring (bicyclic) bond motifs is 1. The fourth-order valence-electron chi connectivity index (χ4n) is 3.88. The second-order valence-electron chi connectivity index (χ2n) is 8.14. The number of sulfonamides is 1. The van der Waals surface area contributed by atoms with Crippen molar-refractivity contribution in [2.45, 2.75) is 55.8 Å². The molecule has 1 saturated carbocycles. The molecule has 12 heteroatoms. The van der Waals surface area contributed by atoms with Crippen LogP contribution in [0.4, 0.5) is 22.0 Å². The first-order valence-corrected chi connectivity index (χ1v) is 11.8. The van der Waals surface area contributed by atoms with Gasteiger partial charge in [0.15, 0.2) is 0 Å². The van der Waals surface area contributed by atoms with Crippen LogP contribution < -0.4 is 4.72 Å². The summed E-state index contributed by atoms with van der Waals surface area (Å²) in [6.07, 6.45) is -3.91. The molecule has 3 aromatic rings. The summed E-state index contributed by atoms with van der Waals surface area (Å²) in [7, 11) is -4.45. The van der Waals surface area contributed by atoms with Crippen molar-refractivity contribution in [1.29, 1.82) is 5.26 Å². The van der Waals surface area contributed by atoms with Gasteiger partial charge in [-0.1, -0.05) is 12.1 Å². The first-order valence-electron chi connectivity index (χ1n) is 10.4. The summed E-state index contributed by atoms with van der Waals surface area (Å²) in [6.45, 7) is 0.697. The number of halogens is 5. The Morgan fingerprint density at radius 2 is 1.85 bits per heavy atom. The lowest BCUT2D eigenvalue weighted by Gasteiger charge is -2.29. The van der Waals surface area contributed by atoms with Gasteiger partial charge in [-0.05, 0) is 49.9 Å². The van der Waals surface area contributed by atoms with Crippen LogP contribution in [0.3, 0.4) is 0 Å². The van der Waals surface area contributed by atoms with Gasteiger partial charge in [-0.2, -0.15) is 23.2 Å². The van der Waals surface area contributed by atoms with Crippen LogP contribution in [0.2, 0.25) is 0 Å². The Hall–Kier alpha value is -3.04. The Morgan fingerprint density at radius 1 is 1.21 bits per heavy atom. The molecule has 1 fully saturated rings. The van der Waals surface area contributed by atoms with Gasteiger partial charge in [0, 0.05) is 23.2 Å². The molecule has 34 heavy (non-hydrogen) atoms. The van der Waals surface area contributed by atoms with Gasteiger partial charge in [0.2, 0.25) is 10.0 Å². The number of nitriles is 1. The van der Waals surface area contributed by atoms with Crippen molar-refractivity contribution < 1.29 is 30.4 Å². The zero-order valence-corrected chi connectivity index (χ0v) is 18.6. The van der Waals surface area contributed by atoms with E-state index >= 15 is 0 Å². The first-order chi connectivity index (χ1) is 15.9. The SMILES string of the molecule is C[C@H](NS(=O)(=O)c1ccc(-c2c(C#N)c3cc(C(F)F)cnc3n2C2CCC2)cc1)C(F)(F)F. The van der Waals surface area contributed by atoms with Crippen molar-refractivity contribution in [2.75, 3.05) is 0 Å². The predicted octanol–water partition coefficient (Wildman–Crippen LogP) is 5.47. The lowest BCUT2D eigenvalue weighted by atomic mass is 9.92. The van der Waals surface area contributed by atoms with Crippen LogP contribution in [0.1, 0.15) is 49.8 Å². The Kier molecular flexibility index (Phi) is 6.12. The topological polar surface area (TPSA) is 87.8 Å². The molecule has 0 aliphatic heterocycles. The van der Waals surface area contributed by atoms with Crippen molar-refractivity contribution >= 4 is 21.1 Å². The molecule has 0 bridgehead atoms. The first kappa shape index (κ1) is 24.1. The number of rotatable bonds is 6. The average Bonchev–Trinajstić information content (AvgIpc) is 3.05. The fourth-order valence-corrected chi connectivity index (χ4v) is 5.11. The number of aromatic nitrogens is 2. The molecule has 0 radical (unpaired) electrons. The molecule has 1 aromatic carbocycles. The quantitative estimate of drug-likeness (QED) is 0.457. The van der Waals surface area contributed by atoms with Crippen LogP contribution in [0.25, 0.3) is 22.3 Å². The molecular weight excluding hydrogens is 479 g/mol. The number of hydrogen-bond acceptors (Lipinski definition) is 4. The third-order valence-electron chi connectivity index (χ3n) is 5.93. The molecular formula is C22H19F5N4O2S. The third-order valence-corrected chi connectivity index (χ3v) is 7.48. The number of pyridine rings is 1. The van der Waals surface area contributed by atoms with Crippen LogP contribution in [-0.4, -0.2) is 30.2 Å². The maximum absolute atomic E-state index is 13.3. The molecule has 0 unspecified atom stereocenters. The van der Waals surface area contributed by atoms with E-state index in [1.165, 1.54) is 18.2 Å². The van der Waals surface area contributed by atoms with Crippen molar-refractivity contribution in [3.63, 3.8) is 0 Å². The van der Waals surface area contributed by atoms with E-state index in [0.29, 0.717) is 23.8 Å². The highest BCUT2D eigenvalue weighted by molar-refractivity contribution is 7.89. The van der Waals surface area contributed by atoms with Crippen molar-refractivity contribution in [2.24, 2.45) is 0 Å². The van der Waals surface area contributed by atoms with Crippen molar-refractivity contribution in [1.82, 2.24) is 14.3 Å². The zero-order valence-electron chi connectivity index (χ0n) is 17.8. The van der Waals surface area contributed by atoms with E-state index in [1.54, 1.807) is 9.29 Å². The smallest absolute Gasteiger partial charge is 0.321 e. The molecule has 1 N–H and O–H groups in total. The lowest BCUT2D eigenvalue weighted by Crippen LogP contribution is -2.42. The Bertz CT molecular complexity index is 1370. The maximum atomic E-state index is 13.3. The molecule has 2 aromatic heterocycles. The molecule has 0 saturated heterocycles. The van der Waals surface area contributed by atoms with E-state index in [0.717, 1.165) is 37.6 Å². The Morgan fingerprint density at radius 3 is 2.35 bits per heavy atom. The van der Waals surface area contributed by atoms with Gasteiger partial charge < -0.3 is 4.57 Å². The van der Waals surface area contributed by atoms with E-state index in [2.05, 4.69) is 11.1 Å². The minimum atomic E-state index is -4.75. The highest BCUT2D eigenvalue weighted by atomic mass is 32.2. The van der Waals surface area contributed by atoms with Gasteiger partial charge in [-0.25, -0.2) is 22.2 Å². The van der Waals surface area contributed by atoms with Crippen molar-refractivity contribution in [3.8, 4) is 17.3 Å². The minimum Gasteiger partial charge on any atom is -0.321 e. The van der Waals surface area contributed by atoms with E-state index in [-0.39, 0.29) is 27.5 Å². The molecule has 1 aliphatic rings. The summed E-state index contributed by atoms with van der Waals surface area (Å²) >= 11 is 0. The van der Waals surface area contributed by atoms with Crippen LogP contribution >= 0.6 is 0 Å². The molecule has 2 heterocycles. The second kappa shape index (κ2) is 8.63. The van der Waals surface area contributed by atoms with Gasteiger partial charge in [-0.3, -0.25) is 0 Å².